The van der Waals surface area contributed by atoms with Gasteiger partial charge in [0.2, 0.25) is 5.91 Å². The van der Waals surface area contributed by atoms with Crippen molar-refractivity contribution in [2.75, 3.05) is 5.32 Å². The van der Waals surface area contributed by atoms with Crippen molar-refractivity contribution in [1.82, 2.24) is 0 Å². The molecular formula is C16H20ClF3N2O2. The van der Waals surface area contributed by atoms with Crippen LogP contribution >= 0.6 is 11.6 Å². The summed E-state index contributed by atoms with van der Waals surface area (Å²) in [6, 6.07) is 3.81. The van der Waals surface area contributed by atoms with Crippen LogP contribution in [0.2, 0.25) is 5.02 Å². The fraction of sp³-hybridized carbons (Fsp3) is 0.562. The van der Waals surface area contributed by atoms with E-state index < -0.39 is 23.6 Å². The number of primary amides is 1. The molecule has 0 aromatic heterocycles. The van der Waals surface area contributed by atoms with Crippen LogP contribution in [0.25, 0.3) is 0 Å². The van der Waals surface area contributed by atoms with Crippen LogP contribution in [0.4, 0.5) is 18.9 Å². The van der Waals surface area contributed by atoms with Gasteiger partial charge in [-0.25, -0.2) is 0 Å². The lowest BCUT2D eigenvalue weighted by Gasteiger charge is -2.41. The zero-order valence-electron chi connectivity index (χ0n) is 13.4. The first kappa shape index (κ1) is 18.7. The second-order valence-electron chi connectivity index (χ2n) is 6.62. The maximum Gasteiger partial charge on any atom is 0.573 e. The number of carbonyl (C=O) groups is 1. The Hall–Kier alpha value is -1.63. The van der Waals surface area contributed by atoms with Gasteiger partial charge < -0.3 is 15.8 Å². The molecule has 0 heterocycles. The highest BCUT2D eigenvalue weighted by atomic mass is 35.5. The highest BCUT2D eigenvalue weighted by Gasteiger charge is 2.43. The van der Waals surface area contributed by atoms with E-state index in [4.69, 9.17) is 17.3 Å². The Morgan fingerprint density at radius 3 is 2.38 bits per heavy atom. The number of alkyl halides is 3. The number of amides is 1. The summed E-state index contributed by atoms with van der Waals surface area (Å²) in [4.78, 5) is 12.1. The molecule has 134 valence electrons. The van der Waals surface area contributed by atoms with Crippen LogP contribution in [-0.4, -0.2) is 17.8 Å². The number of nitrogens with two attached hydrogens (primary N) is 1. The van der Waals surface area contributed by atoms with Gasteiger partial charge in [0.25, 0.3) is 0 Å². The number of carbonyl (C=O) groups excluding carboxylic acids is 1. The van der Waals surface area contributed by atoms with E-state index >= 15 is 0 Å². The summed E-state index contributed by atoms with van der Waals surface area (Å²) < 4.78 is 40.7. The van der Waals surface area contributed by atoms with E-state index in [1.54, 1.807) is 0 Å². The molecule has 0 aliphatic heterocycles. The summed E-state index contributed by atoms with van der Waals surface area (Å²) in [5.74, 6) is -0.366. The molecule has 1 aromatic rings. The van der Waals surface area contributed by atoms with Crippen LogP contribution in [0.15, 0.2) is 18.2 Å². The first-order valence-corrected chi connectivity index (χ1v) is 8.02. The number of benzene rings is 1. The zero-order valence-corrected chi connectivity index (χ0v) is 14.2. The van der Waals surface area contributed by atoms with E-state index in [0.29, 0.717) is 30.4 Å². The molecule has 2 rings (SSSR count). The maximum atomic E-state index is 12.3. The van der Waals surface area contributed by atoms with E-state index in [2.05, 4.69) is 10.1 Å². The van der Waals surface area contributed by atoms with Crippen molar-refractivity contribution in [2.45, 2.75) is 45.0 Å². The lowest BCUT2D eigenvalue weighted by atomic mass is 9.71. The summed E-state index contributed by atoms with van der Waals surface area (Å²) in [6.07, 6.45) is -2.70. The second kappa shape index (κ2) is 6.70. The first-order chi connectivity index (χ1) is 11.0. The highest BCUT2D eigenvalue weighted by molar-refractivity contribution is 6.32. The van der Waals surface area contributed by atoms with Gasteiger partial charge in [0.1, 0.15) is 11.3 Å². The van der Waals surface area contributed by atoms with Gasteiger partial charge in [-0.2, -0.15) is 0 Å². The molecule has 1 saturated carbocycles. The van der Waals surface area contributed by atoms with Crippen molar-refractivity contribution in [2.24, 2.45) is 17.6 Å². The van der Waals surface area contributed by atoms with Crippen molar-refractivity contribution < 1.29 is 22.7 Å². The molecule has 24 heavy (non-hydrogen) atoms. The minimum Gasteiger partial charge on any atom is -0.404 e. The molecular weight excluding hydrogens is 345 g/mol. The third-order valence-corrected chi connectivity index (χ3v) is 4.51. The average Bonchev–Trinajstić information content (AvgIpc) is 2.39. The number of nitrogens with one attached hydrogen (secondary N) is 1. The fourth-order valence-corrected chi connectivity index (χ4v) is 3.77. The molecule has 1 aliphatic carbocycles. The van der Waals surface area contributed by atoms with Crippen LogP contribution in [0.1, 0.15) is 33.1 Å². The molecule has 4 nitrogen and oxygen atoms in total. The van der Waals surface area contributed by atoms with Gasteiger partial charge in [-0.05, 0) is 49.3 Å². The standard InChI is InChI=1S/C16H20ClF3N2O2/c1-9-5-10(2)8-15(7-9,14(21)23)22-11-3-4-13(12(17)6-11)24-16(18,19)20/h3-4,6,9-10,22H,5,7-8H2,1-2H3,(H2,21,23). The number of anilines is 1. The third-order valence-electron chi connectivity index (χ3n) is 4.21. The molecule has 2 unspecified atom stereocenters. The number of hydrogen-bond donors (Lipinski definition) is 2. The predicted molar refractivity (Wildman–Crippen MR) is 85.9 cm³/mol. The first-order valence-electron chi connectivity index (χ1n) is 7.64. The van der Waals surface area contributed by atoms with E-state index in [9.17, 15) is 18.0 Å². The van der Waals surface area contributed by atoms with Gasteiger partial charge >= 0.3 is 6.36 Å². The van der Waals surface area contributed by atoms with E-state index in [-0.39, 0.29) is 5.02 Å². The Labute approximate surface area is 143 Å². The molecule has 0 bridgehead atoms. The normalized spacial score (nSPS) is 27.6. The minimum atomic E-state index is -4.82. The Morgan fingerprint density at radius 2 is 1.92 bits per heavy atom. The van der Waals surface area contributed by atoms with Crippen molar-refractivity contribution >= 4 is 23.2 Å². The Kier molecular flexibility index (Phi) is 5.22. The van der Waals surface area contributed by atoms with Gasteiger partial charge in [-0.1, -0.05) is 25.4 Å². The Morgan fingerprint density at radius 1 is 1.33 bits per heavy atom. The molecule has 2 atom stereocenters. The van der Waals surface area contributed by atoms with Crippen LogP contribution in [-0.2, 0) is 4.79 Å². The SMILES string of the molecule is CC1CC(C)CC(Nc2ccc(OC(F)(F)F)c(Cl)c2)(C(N)=O)C1. The molecule has 3 N–H and O–H groups in total. The van der Waals surface area contributed by atoms with Crippen molar-refractivity contribution in [3.05, 3.63) is 23.2 Å². The lowest BCUT2D eigenvalue weighted by molar-refractivity contribution is -0.274. The van der Waals surface area contributed by atoms with Crippen LogP contribution in [0.3, 0.4) is 0 Å². The van der Waals surface area contributed by atoms with Gasteiger partial charge in [-0.15, -0.1) is 13.2 Å². The fourth-order valence-electron chi connectivity index (χ4n) is 3.55. The lowest BCUT2D eigenvalue weighted by Crippen LogP contribution is -2.54. The number of hydrogen-bond acceptors (Lipinski definition) is 3. The summed E-state index contributed by atoms with van der Waals surface area (Å²) >= 11 is 5.85. The van der Waals surface area contributed by atoms with E-state index in [0.717, 1.165) is 12.5 Å². The smallest absolute Gasteiger partial charge is 0.404 e. The van der Waals surface area contributed by atoms with Crippen molar-refractivity contribution in [3.63, 3.8) is 0 Å². The van der Waals surface area contributed by atoms with Gasteiger partial charge in [-0.3, -0.25) is 4.79 Å². The predicted octanol–water partition coefficient (Wildman–Crippen LogP) is 4.33. The molecule has 0 saturated heterocycles. The summed E-state index contributed by atoms with van der Waals surface area (Å²) in [6.45, 7) is 4.09. The number of ether oxygens (including phenoxy) is 1. The van der Waals surface area contributed by atoms with Crippen LogP contribution < -0.4 is 15.8 Å². The highest BCUT2D eigenvalue weighted by Crippen LogP contribution is 2.39. The summed E-state index contributed by atoms with van der Waals surface area (Å²) in [5.41, 5.74) is 5.11. The molecule has 0 radical (unpaired) electrons. The van der Waals surface area contributed by atoms with Gasteiger partial charge in [0.05, 0.1) is 5.02 Å². The summed E-state index contributed by atoms with van der Waals surface area (Å²) in [7, 11) is 0. The molecule has 1 fully saturated rings. The number of rotatable bonds is 4. The van der Waals surface area contributed by atoms with Gasteiger partial charge in [0.15, 0.2) is 0 Å². The Bertz CT molecular complexity index is 612. The monoisotopic (exact) mass is 364 g/mol. The van der Waals surface area contributed by atoms with Crippen LogP contribution in [0.5, 0.6) is 5.75 Å². The molecule has 1 aliphatic rings. The maximum absolute atomic E-state index is 12.3. The molecule has 1 aromatic carbocycles. The Balaban J connectivity index is 2.24. The second-order valence-corrected chi connectivity index (χ2v) is 7.03. The average molecular weight is 365 g/mol. The van der Waals surface area contributed by atoms with Gasteiger partial charge in [0, 0.05) is 5.69 Å². The topological polar surface area (TPSA) is 64.3 Å². The van der Waals surface area contributed by atoms with Crippen molar-refractivity contribution in [1.29, 1.82) is 0 Å². The quantitative estimate of drug-likeness (QED) is 0.835. The third kappa shape index (κ3) is 4.47. The zero-order chi connectivity index (χ0) is 18.1. The molecule has 0 spiro atoms. The van der Waals surface area contributed by atoms with E-state index in [1.165, 1.54) is 12.1 Å². The summed E-state index contributed by atoms with van der Waals surface area (Å²) in [5, 5.41) is 2.89. The molecule has 1 amide bonds. The van der Waals surface area contributed by atoms with Crippen LogP contribution in [0, 0.1) is 11.8 Å². The molecule has 8 heteroatoms. The van der Waals surface area contributed by atoms with Crippen molar-refractivity contribution in [3.8, 4) is 5.75 Å². The number of halogens is 4. The van der Waals surface area contributed by atoms with E-state index in [1.807, 2.05) is 13.8 Å². The largest absolute Gasteiger partial charge is 0.573 e. The minimum absolute atomic E-state index is 0.200.